The molecular formula is C13H14F3N3O2. The third kappa shape index (κ3) is 2.65. The van der Waals surface area contributed by atoms with E-state index in [-0.39, 0.29) is 11.5 Å². The van der Waals surface area contributed by atoms with Gasteiger partial charge in [0.2, 0.25) is 5.91 Å². The van der Waals surface area contributed by atoms with Gasteiger partial charge in [0.15, 0.2) is 5.84 Å². The summed E-state index contributed by atoms with van der Waals surface area (Å²) in [5.74, 6) is -0.975. The maximum absolute atomic E-state index is 12.9. The number of alkyl halides is 3. The van der Waals surface area contributed by atoms with Crippen molar-refractivity contribution in [1.29, 1.82) is 0 Å². The van der Waals surface area contributed by atoms with E-state index in [1.807, 2.05) is 0 Å². The lowest BCUT2D eigenvalue weighted by molar-refractivity contribution is -0.137. The SMILES string of the molecule is N/C(=N/O)C1(C(=O)Nc2ccccc2C(F)(F)F)CCC1. The van der Waals surface area contributed by atoms with Gasteiger partial charge in [0, 0.05) is 0 Å². The Balaban J connectivity index is 2.29. The molecule has 0 heterocycles. The summed E-state index contributed by atoms with van der Waals surface area (Å²) < 4.78 is 38.6. The van der Waals surface area contributed by atoms with Crippen LogP contribution in [0, 0.1) is 5.41 Å². The highest BCUT2D eigenvalue weighted by Crippen LogP contribution is 2.43. The van der Waals surface area contributed by atoms with Crippen molar-refractivity contribution in [3.8, 4) is 0 Å². The summed E-state index contributed by atoms with van der Waals surface area (Å²) in [4.78, 5) is 12.2. The number of hydrogen-bond donors (Lipinski definition) is 3. The van der Waals surface area contributed by atoms with Gasteiger partial charge in [-0.2, -0.15) is 13.2 Å². The molecule has 2 rings (SSSR count). The number of amidine groups is 1. The molecule has 1 aliphatic carbocycles. The van der Waals surface area contributed by atoms with E-state index in [0.29, 0.717) is 19.3 Å². The zero-order valence-corrected chi connectivity index (χ0v) is 10.9. The summed E-state index contributed by atoms with van der Waals surface area (Å²) in [5, 5.41) is 13.8. The highest BCUT2D eigenvalue weighted by molar-refractivity contribution is 6.12. The number of nitrogens with one attached hydrogen (secondary N) is 1. The van der Waals surface area contributed by atoms with Crippen molar-refractivity contribution in [2.75, 3.05) is 5.32 Å². The highest BCUT2D eigenvalue weighted by Gasteiger charge is 2.49. The minimum Gasteiger partial charge on any atom is -0.409 e. The molecule has 0 radical (unpaired) electrons. The minimum absolute atomic E-state index is 0.282. The first-order chi connectivity index (χ1) is 9.81. The van der Waals surface area contributed by atoms with Crippen molar-refractivity contribution in [3.63, 3.8) is 0 Å². The van der Waals surface area contributed by atoms with Crippen LogP contribution in [0.1, 0.15) is 24.8 Å². The fourth-order valence-electron chi connectivity index (χ4n) is 2.31. The molecule has 0 aromatic heterocycles. The molecule has 1 fully saturated rings. The molecule has 114 valence electrons. The van der Waals surface area contributed by atoms with Crippen molar-refractivity contribution >= 4 is 17.4 Å². The van der Waals surface area contributed by atoms with Crippen LogP contribution in [0.2, 0.25) is 0 Å². The Labute approximate surface area is 118 Å². The second-order valence-electron chi connectivity index (χ2n) is 4.92. The number of carbonyl (C=O) groups is 1. The maximum atomic E-state index is 12.9. The normalized spacial score (nSPS) is 18.0. The van der Waals surface area contributed by atoms with Crippen molar-refractivity contribution in [3.05, 3.63) is 29.8 Å². The molecule has 1 aromatic rings. The zero-order chi connectivity index (χ0) is 15.7. The van der Waals surface area contributed by atoms with Crippen LogP contribution in [-0.2, 0) is 11.0 Å². The number of hydrogen-bond acceptors (Lipinski definition) is 3. The molecule has 0 saturated heterocycles. The maximum Gasteiger partial charge on any atom is 0.418 e. The molecule has 5 nitrogen and oxygen atoms in total. The summed E-state index contributed by atoms with van der Waals surface area (Å²) in [6, 6.07) is 4.68. The number of amides is 1. The van der Waals surface area contributed by atoms with E-state index in [4.69, 9.17) is 10.9 Å². The summed E-state index contributed by atoms with van der Waals surface area (Å²) in [6.07, 6.45) is -3.22. The van der Waals surface area contributed by atoms with Crippen molar-refractivity contribution in [2.24, 2.45) is 16.3 Å². The van der Waals surface area contributed by atoms with Crippen LogP contribution in [0.4, 0.5) is 18.9 Å². The Morgan fingerprint density at radius 3 is 2.43 bits per heavy atom. The van der Waals surface area contributed by atoms with Gasteiger partial charge in [-0.15, -0.1) is 0 Å². The molecule has 0 atom stereocenters. The van der Waals surface area contributed by atoms with Crippen molar-refractivity contribution in [2.45, 2.75) is 25.4 Å². The van der Waals surface area contributed by atoms with E-state index in [1.54, 1.807) is 0 Å². The van der Waals surface area contributed by atoms with Gasteiger partial charge in [0.05, 0.1) is 11.3 Å². The Kier molecular flexibility index (Phi) is 3.80. The third-order valence-electron chi connectivity index (χ3n) is 3.72. The van der Waals surface area contributed by atoms with Gasteiger partial charge in [-0.1, -0.05) is 23.7 Å². The minimum atomic E-state index is -4.58. The molecule has 1 aliphatic rings. The first kappa shape index (κ1) is 15.1. The van der Waals surface area contributed by atoms with Gasteiger partial charge in [0.25, 0.3) is 0 Å². The highest BCUT2D eigenvalue weighted by atomic mass is 19.4. The molecular weight excluding hydrogens is 287 g/mol. The molecule has 21 heavy (non-hydrogen) atoms. The van der Waals surface area contributed by atoms with Gasteiger partial charge in [-0.05, 0) is 25.0 Å². The van der Waals surface area contributed by atoms with Gasteiger partial charge < -0.3 is 16.3 Å². The molecule has 8 heteroatoms. The number of rotatable bonds is 3. The smallest absolute Gasteiger partial charge is 0.409 e. The van der Waals surface area contributed by atoms with Crippen LogP contribution < -0.4 is 11.1 Å². The largest absolute Gasteiger partial charge is 0.418 e. The Morgan fingerprint density at radius 1 is 1.33 bits per heavy atom. The Morgan fingerprint density at radius 2 is 1.95 bits per heavy atom. The van der Waals surface area contributed by atoms with Crippen molar-refractivity contribution in [1.82, 2.24) is 0 Å². The summed E-state index contributed by atoms with van der Waals surface area (Å²) in [6.45, 7) is 0. The van der Waals surface area contributed by atoms with E-state index in [2.05, 4.69) is 10.5 Å². The van der Waals surface area contributed by atoms with Crippen LogP contribution in [0.25, 0.3) is 0 Å². The molecule has 0 bridgehead atoms. The van der Waals surface area contributed by atoms with E-state index < -0.39 is 23.1 Å². The third-order valence-corrected chi connectivity index (χ3v) is 3.72. The van der Waals surface area contributed by atoms with Crippen LogP contribution in [0.15, 0.2) is 29.4 Å². The average molecular weight is 301 g/mol. The van der Waals surface area contributed by atoms with E-state index in [9.17, 15) is 18.0 Å². The molecule has 4 N–H and O–H groups in total. The number of carbonyl (C=O) groups excluding carboxylic acids is 1. The number of oxime groups is 1. The molecule has 1 saturated carbocycles. The second kappa shape index (κ2) is 5.27. The monoisotopic (exact) mass is 301 g/mol. The fraction of sp³-hybridized carbons (Fsp3) is 0.385. The molecule has 0 unspecified atom stereocenters. The second-order valence-corrected chi connectivity index (χ2v) is 4.92. The Bertz CT molecular complexity index is 580. The summed E-state index contributed by atoms with van der Waals surface area (Å²) in [5.41, 5.74) is 3.00. The summed E-state index contributed by atoms with van der Waals surface area (Å²) >= 11 is 0. The lowest BCUT2D eigenvalue weighted by atomic mass is 9.67. The standard InChI is InChI=1S/C13H14F3N3O2/c14-13(15,16)8-4-1-2-5-9(8)18-11(20)12(6-3-7-12)10(17)19-21/h1-2,4-5,21H,3,6-7H2,(H2,17,19)(H,18,20). The first-order valence-electron chi connectivity index (χ1n) is 6.27. The zero-order valence-electron chi connectivity index (χ0n) is 10.9. The van der Waals surface area contributed by atoms with Gasteiger partial charge in [-0.3, -0.25) is 4.79 Å². The van der Waals surface area contributed by atoms with Gasteiger partial charge >= 0.3 is 6.18 Å². The predicted octanol–water partition coefficient (Wildman–Crippen LogP) is 2.56. The molecule has 0 spiro atoms. The average Bonchev–Trinajstić information content (AvgIpc) is 2.36. The quantitative estimate of drug-likeness (QED) is 0.347. The van der Waals surface area contributed by atoms with E-state index >= 15 is 0 Å². The van der Waals surface area contributed by atoms with Crippen LogP contribution in [0.3, 0.4) is 0 Å². The van der Waals surface area contributed by atoms with E-state index in [1.165, 1.54) is 18.2 Å². The fourth-order valence-corrected chi connectivity index (χ4v) is 2.31. The lowest BCUT2D eigenvalue weighted by Gasteiger charge is -2.38. The lowest BCUT2D eigenvalue weighted by Crippen LogP contribution is -2.51. The first-order valence-corrected chi connectivity index (χ1v) is 6.27. The Hall–Kier alpha value is -2.25. The molecule has 1 aromatic carbocycles. The molecule has 0 aliphatic heterocycles. The van der Waals surface area contributed by atoms with Crippen molar-refractivity contribution < 1.29 is 23.2 Å². The van der Waals surface area contributed by atoms with Crippen LogP contribution >= 0.6 is 0 Å². The number of nitrogens with two attached hydrogens (primary N) is 1. The molecule has 1 amide bonds. The topological polar surface area (TPSA) is 87.7 Å². The van der Waals surface area contributed by atoms with Gasteiger partial charge in [-0.25, -0.2) is 0 Å². The number of benzene rings is 1. The predicted molar refractivity (Wildman–Crippen MR) is 69.8 cm³/mol. The van der Waals surface area contributed by atoms with Crippen LogP contribution in [0.5, 0.6) is 0 Å². The number of anilines is 1. The number of para-hydroxylation sites is 1. The van der Waals surface area contributed by atoms with Crippen LogP contribution in [-0.4, -0.2) is 17.0 Å². The number of halogens is 3. The number of nitrogens with zero attached hydrogens (tertiary/aromatic N) is 1. The van der Waals surface area contributed by atoms with E-state index in [0.717, 1.165) is 6.07 Å². The summed E-state index contributed by atoms with van der Waals surface area (Å²) in [7, 11) is 0. The van der Waals surface area contributed by atoms with Gasteiger partial charge in [0.1, 0.15) is 5.41 Å².